The highest BCUT2D eigenvalue weighted by Gasteiger charge is 2.32. The highest BCUT2D eigenvalue weighted by atomic mass is 16.4. The van der Waals surface area contributed by atoms with Gasteiger partial charge in [0.1, 0.15) is 18.1 Å². The van der Waals surface area contributed by atoms with Crippen LogP contribution < -0.4 is 27.4 Å². The van der Waals surface area contributed by atoms with Crippen LogP contribution in [0.4, 0.5) is 0 Å². The number of hydrogen-bond donors (Lipinski definition) is 9. The zero-order valence-electron chi connectivity index (χ0n) is 18.1. The first-order chi connectivity index (χ1) is 15.8. The fourth-order valence-electron chi connectivity index (χ4n) is 2.62. The largest absolute Gasteiger partial charge is 0.481 e. The summed E-state index contributed by atoms with van der Waals surface area (Å²) in [5.74, 6) is -9.44. The third kappa shape index (κ3) is 12.3. The van der Waals surface area contributed by atoms with Crippen molar-refractivity contribution in [1.82, 2.24) is 16.0 Å². The molecule has 0 saturated heterocycles. The number of hydrogen-bond acceptors (Lipinski definition) is 9. The molecule has 0 aromatic rings. The minimum Gasteiger partial charge on any atom is -0.481 e. The minimum absolute atomic E-state index is 0.0211. The molecule has 0 aliphatic rings. The molecule has 0 bridgehead atoms. The first-order valence-corrected chi connectivity index (χ1v) is 10.0. The molecule has 4 atom stereocenters. The molecule has 0 rings (SSSR count). The zero-order chi connectivity index (χ0) is 26.4. The Morgan fingerprint density at radius 3 is 1.53 bits per heavy atom. The van der Waals surface area contributed by atoms with Gasteiger partial charge in [0.05, 0.1) is 25.3 Å². The molecule has 34 heavy (non-hydrogen) atoms. The van der Waals surface area contributed by atoms with E-state index in [9.17, 15) is 33.6 Å². The summed E-state index contributed by atoms with van der Waals surface area (Å²) in [7, 11) is 0. The van der Waals surface area contributed by atoms with Crippen LogP contribution in [0.15, 0.2) is 0 Å². The smallest absolute Gasteiger partial charge is 0.326 e. The molecule has 192 valence electrons. The summed E-state index contributed by atoms with van der Waals surface area (Å²) in [5.41, 5.74) is 10.9. The lowest BCUT2D eigenvalue weighted by atomic mass is 10.1. The molecular weight excluding hydrogens is 462 g/mol. The van der Waals surface area contributed by atoms with Gasteiger partial charge in [0, 0.05) is 0 Å². The molecule has 0 fully saturated rings. The molecule has 0 aromatic heterocycles. The molecule has 0 aromatic carbocycles. The van der Waals surface area contributed by atoms with Crippen molar-refractivity contribution in [1.29, 1.82) is 0 Å². The molecule has 11 N–H and O–H groups in total. The van der Waals surface area contributed by atoms with Crippen LogP contribution in [-0.2, 0) is 33.6 Å². The van der Waals surface area contributed by atoms with Crippen LogP contribution in [0.3, 0.4) is 0 Å². The first-order valence-electron chi connectivity index (χ1n) is 10.0. The lowest BCUT2D eigenvalue weighted by molar-refractivity contribution is -0.148. The van der Waals surface area contributed by atoms with E-state index in [4.69, 9.17) is 31.9 Å². The summed E-state index contributed by atoms with van der Waals surface area (Å²) in [5, 5.41) is 41.8. The van der Waals surface area contributed by atoms with Gasteiger partial charge in [-0.15, -0.1) is 0 Å². The van der Waals surface area contributed by atoms with Gasteiger partial charge in [-0.3, -0.25) is 28.8 Å². The molecule has 3 amide bonds. The number of unbranched alkanes of at least 4 members (excludes halogenated alkanes) is 1. The van der Waals surface area contributed by atoms with Crippen LogP contribution in [0.2, 0.25) is 0 Å². The maximum absolute atomic E-state index is 12.7. The predicted octanol–water partition coefficient (Wildman–Crippen LogP) is -3.59. The number of aliphatic carboxylic acids is 4. The molecule has 4 unspecified atom stereocenters. The van der Waals surface area contributed by atoms with Crippen LogP contribution in [0.1, 0.15) is 38.5 Å². The van der Waals surface area contributed by atoms with Gasteiger partial charge >= 0.3 is 23.9 Å². The molecule has 0 radical (unpaired) electrons. The van der Waals surface area contributed by atoms with E-state index in [1.165, 1.54) is 0 Å². The second-order valence-corrected chi connectivity index (χ2v) is 7.21. The van der Waals surface area contributed by atoms with Gasteiger partial charge in [-0.1, -0.05) is 0 Å². The fourth-order valence-corrected chi connectivity index (χ4v) is 2.62. The predicted molar refractivity (Wildman–Crippen MR) is 111 cm³/mol. The second-order valence-electron chi connectivity index (χ2n) is 7.21. The van der Waals surface area contributed by atoms with Gasteiger partial charge in [-0.05, 0) is 25.8 Å². The molecular formula is C18H29N5O11. The molecule has 16 heteroatoms. The van der Waals surface area contributed by atoms with E-state index < -0.39 is 85.0 Å². The molecule has 0 saturated carbocycles. The van der Waals surface area contributed by atoms with E-state index in [-0.39, 0.29) is 13.0 Å². The Kier molecular flexibility index (Phi) is 13.4. The molecule has 0 aliphatic heterocycles. The van der Waals surface area contributed by atoms with E-state index in [2.05, 4.69) is 10.6 Å². The van der Waals surface area contributed by atoms with Gasteiger partial charge in [-0.2, -0.15) is 0 Å². The Labute approximate surface area is 193 Å². The highest BCUT2D eigenvalue weighted by molar-refractivity contribution is 5.96. The highest BCUT2D eigenvalue weighted by Crippen LogP contribution is 2.05. The SMILES string of the molecule is NCCCCC(NC(=O)C(N)CC(=O)O)C(=O)NC(CC(=O)O)C(=O)NC(CC(=O)O)C(=O)O. The van der Waals surface area contributed by atoms with Crippen molar-refractivity contribution in [3.8, 4) is 0 Å². The first kappa shape index (κ1) is 30.2. The van der Waals surface area contributed by atoms with Crippen molar-refractivity contribution in [3.63, 3.8) is 0 Å². The van der Waals surface area contributed by atoms with Crippen molar-refractivity contribution in [2.45, 2.75) is 62.7 Å². The van der Waals surface area contributed by atoms with E-state index in [1.54, 1.807) is 0 Å². The number of rotatable bonds is 17. The normalized spacial score (nSPS) is 14.1. The van der Waals surface area contributed by atoms with Gasteiger partial charge in [-0.25, -0.2) is 4.79 Å². The average molecular weight is 491 g/mol. The minimum atomic E-state index is -1.90. The van der Waals surface area contributed by atoms with Crippen molar-refractivity contribution in [3.05, 3.63) is 0 Å². The fraction of sp³-hybridized carbons (Fsp3) is 0.611. The van der Waals surface area contributed by atoms with Crippen LogP contribution in [0, 0.1) is 0 Å². The van der Waals surface area contributed by atoms with Crippen molar-refractivity contribution in [2.24, 2.45) is 11.5 Å². The van der Waals surface area contributed by atoms with Gasteiger partial charge < -0.3 is 47.8 Å². The van der Waals surface area contributed by atoms with Crippen molar-refractivity contribution >= 4 is 41.6 Å². The Hall–Kier alpha value is -3.79. The van der Waals surface area contributed by atoms with Crippen LogP contribution >= 0.6 is 0 Å². The monoisotopic (exact) mass is 491 g/mol. The quantitative estimate of drug-likeness (QED) is 0.0890. The standard InChI is InChI=1S/C18H29N5O11/c19-4-2-1-3-9(21-15(30)8(20)5-12(24)25)16(31)22-10(6-13(26)27)17(32)23-11(18(33)34)7-14(28)29/h8-11H,1-7,19-20H2,(H,21,30)(H,22,31)(H,23,32)(H,24,25)(H,26,27)(H,28,29)(H,33,34). The number of carboxylic acids is 4. The second kappa shape index (κ2) is 15.1. The maximum Gasteiger partial charge on any atom is 0.326 e. The summed E-state index contributed by atoms with van der Waals surface area (Å²) >= 11 is 0. The topological polar surface area (TPSA) is 289 Å². The van der Waals surface area contributed by atoms with Gasteiger partial charge in [0.2, 0.25) is 17.7 Å². The lowest BCUT2D eigenvalue weighted by Crippen LogP contribution is -2.57. The summed E-state index contributed by atoms with van der Waals surface area (Å²) in [6, 6.07) is -6.56. The summed E-state index contributed by atoms with van der Waals surface area (Å²) in [4.78, 5) is 81.1. The number of carbonyl (C=O) groups excluding carboxylic acids is 3. The Morgan fingerprint density at radius 2 is 1.06 bits per heavy atom. The third-order valence-electron chi connectivity index (χ3n) is 4.32. The van der Waals surface area contributed by atoms with E-state index in [1.807, 2.05) is 5.32 Å². The van der Waals surface area contributed by atoms with Crippen LogP contribution in [0.5, 0.6) is 0 Å². The molecule has 0 heterocycles. The van der Waals surface area contributed by atoms with Crippen molar-refractivity contribution in [2.75, 3.05) is 6.54 Å². The maximum atomic E-state index is 12.7. The average Bonchev–Trinajstić information content (AvgIpc) is 2.70. The number of amides is 3. The third-order valence-corrected chi connectivity index (χ3v) is 4.32. The van der Waals surface area contributed by atoms with E-state index in [0.29, 0.717) is 12.8 Å². The summed E-state index contributed by atoms with van der Waals surface area (Å²) in [6.07, 6.45) is -1.99. The number of carbonyl (C=O) groups is 7. The van der Waals surface area contributed by atoms with Crippen LogP contribution in [-0.4, -0.2) is 92.7 Å². The van der Waals surface area contributed by atoms with Gasteiger partial charge in [0.25, 0.3) is 0 Å². The Morgan fingerprint density at radius 1 is 0.618 bits per heavy atom. The van der Waals surface area contributed by atoms with E-state index in [0.717, 1.165) is 0 Å². The van der Waals surface area contributed by atoms with Crippen molar-refractivity contribution < 1.29 is 54.0 Å². The lowest BCUT2D eigenvalue weighted by Gasteiger charge is -2.24. The summed E-state index contributed by atoms with van der Waals surface area (Å²) < 4.78 is 0. The molecule has 16 nitrogen and oxygen atoms in total. The molecule has 0 aliphatic carbocycles. The van der Waals surface area contributed by atoms with Crippen LogP contribution in [0.25, 0.3) is 0 Å². The Bertz CT molecular complexity index is 788. The Balaban J connectivity index is 5.56. The number of carboxylic acid groups (broad SMARTS) is 4. The molecule has 0 spiro atoms. The summed E-state index contributed by atoms with van der Waals surface area (Å²) in [6.45, 7) is 0.255. The number of nitrogens with two attached hydrogens (primary N) is 2. The zero-order valence-corrected chi connectivity index (χ0v) is 18.1. The van der Waals surface area contributed by atoms with Gasteiger partial charge in [0.15, 0.2) is 0 Å². The number of nitrogens with one attached hydrogen (secondary N) is 3. The van der Waals surface area contributed by atoms with E-state index >= 15 is 0 Å².